The Morgan fingerprint density at radius 1 is 1.29 bits per heavy atom. The molecular weight excluding hydrogens is 172 g/mol. The minimum Gasteiger partial charge on any atom is -0.330 e. The molecule has 2 fully saturated rings. The zero-order chi connectivity index (χ0) is 10.1. The number of rotatable bonds is 4. The van der Waals surface area contributed by atoms with E-state index in [4.69, 9.17) is 5.73 Å². The van der Waals surface area contributed by atoms with Crippen LogP contribution in [0.2, 0.25) is 0 Å². The molecule has 1 saturated heterocycles. The van der Waals surface area contributed by atoms with Gasteiger partial charge in [0, 0.05) is 12.1 Å². The lowest BCUT2D eigenvalue weighted by Crippen LogP contribution is -2.39. The lowest BCUT2D eigenvalue weighted by atomic mass is 9.89. The van der Waals surface area contributed by atoms with Gasteiger partial charge in [0.15, 0.2) is 0 Å². The Balaban J connectivity index is 1.99. The predicted molar refractivity (Wildman–Crippen MR) is 60.1 cm³/mol. The highest BCUT2D eigenvalue weighted by molar-refractivity contribution is 4.97. The van der Waals surface area contributed by atoms with Crippen molar-refractivity contribution in [1.82, 2.24) is 4.90 Å². The van der Waals surface area contributed by atoms with Crippen LogP contribution in [0.25, 0.3) is 0 Å². The molecule has 2 rings (SSSR count). The van der Waals surface area contributed by atoms with Crippen LogP contribution < -0.4 is 5.73 Å². The van der Waals surface area contributed by atoms with Crippen molar-refractivity contribution in [3.63, 3.8) is 0 Å². The standard InChI is InChI=1S/C12H24N2/c1-9(2)12-10(5-7-13)6-8-14(12)11-3-4-11/h9-12H,3-8,13H2,1-2H3. The lowest BCUT2D eigenvalue weighted by molar-refractivity contribution is 0.164. The summed E-state index contributed by atoms with van der Waals surface area (Å²) in [4.78, 5) is 2.77. The first kappa shape index (κ1) is 10.4. The first-order valence-corrected chi connectivity index (χ1v) is 6.20. The van der Waals surface area contributed by atoms with Gasteiger partial charge in [-0.3, -0.25) is 4.90 Å². The highest BCUT2D eigenvalue weighted by atomic mass is 15.2. The molecular formula is C12H24N2. The van der Waals surface area contributed by atoms with Crippen LogP contribution >= 0.6 is 0 Å². The quantitative estimate of drug-likeness (QED) is 0.743. The fourth-order valence-electron chi connectivity index (χ4n) is 3.19. The fraction of sp³-hybridized carbons (Fsp3) is 1.00. The van der Waals surface area contributed by atoms with Crippen molar-refractivity contribution in [3.8, 4) is 0 Å². The Kier molecular flexibility index (Phi) is 3.13. The van der Waals surface area contributed by atoms with Crippen molar-refractivity contribution >= 4 is 0 Å². The molecule has 0 aromatic rings. The second-order valence-electron chi connectivity index (χ2n) is 5.33. The Hall–Kier alpha value is -0.0800. The van der Waals surface area contributed by atoms with Crippen molar-refractivity contribution in [3.05, 3.63) is 0 Å². The molecule has 2 nitrogen and oxygen atoms in total. The Morgan fingerprint density at radius 3 is 2.50 bits per heavy atom. The van der Waals surface area contributed by atoms with Crippen LogP contribution in [0.4, 0.5) is 0 Å². The summed E-state index contributed by atoms with van der Waals surface area (Å²) in [5.74, 6) is 1.68. The van der Waals surface area contributed by atoms with Gasteiger partial charge >= 0.3 is 0 Å². The van der Waals surface area contributed by atoms with E-state index < -0.39 is 0 Å². The molecule has 2 heteroatoms. The Morgan fingerprint density at radius 2 is 2.00 bits per heavy atom. The van der Waals surface area contributed by atoms with Crippen LogP contribution in [-0.2, 0) is 0 Å². The van der Waals surface area contributed by atoms with Crippen LogP contribution in [0.1, 0.15) is 39.5 Å². The van der Waals surface area contributed by atoms with Gasteiger partial charge in [0.05, 0.1) is 0 Å². The second-order valence-corrected chi connectivity index (χ2v) is 5.33. The van der Waals surface area contributed by atoms with Crippen LogP contribution in [-0.4, -0.2) is 30.1 Å². The topological polar surface area (TPSA) is 29.3 Å². The first-order valence-electron chi connectivity index (χ1n) is 6.20. The summed E-state index contributed by atoms with van der Waals surface area (Å²) in [6, 6.07) is 1.76. The van der Waals surface area contributed by atoms with E-state index in [1.54, 1.807) is 0 Å². The molecule has 1 aliphatic heterocycles. The van der Waals surface area contributed by atoms with Gasteiger partial charge in [0.25, 0.3) is 0 Å². The van der Waals surface area contributed by atoms with Crippen molar-refractivity contribution in [1.29, 1.82) is 0 Å². The van der Waals surface area contributed by atoms with E-state index in [1.807, 2.05) is 0 Å². The maximum atomic E-state index is 5.69. The summed E-state index contributed by atoms with van der Waals surface area (Å²) in [6.45, 7) is 6.94. The van der Waals surface area contributed by atoms with Gasteiger partial charge in [-0.25, -0.2) is 0 Å². The number of hydrogen-bond acceptors (Lipinski definition) is 2. The fourth-order valence-corrected chi connectivity index (χ4v) is 3.19. The van der Waals surface area contributed by atoms with Gasteiger partial charge in [-0.05, 0) is 50.6 Å². The molecule has 0 radical (unpaired) electrons. The van der Waals surface area contributed by atoms with Crippen LogP contribution in [0, 0.1) is 11.8 Å². The predicted octanol–water partition coefficient (Wildman–Crippen LogP) is 1.84. The molecule has 1 heterocycles. The van der Waals surface area contributed by atoms with Crippen LogP contribution in [0.3, 0.4) is 0 Å². The smallest absolute Gasteiger partial charge is 0.0150 e. The Labute approximate surface area is 87.8 Å². The highest BCUT2D eigenvalue weighted by Gasteiger charge is 2.42. The third kappa shape index (κ3) is 1.96. The van der Waals surface area contributed by atoms with Gasteiger partial charge in [-0.15, -0.1) is 0 Å². The highest BCUT2D eigenvalue weighted by Crippen LogP contribution is 2.39. The summed E-state index contributed by atoms with van der Waals surface area (Å²) >= 11 is 0. The van der Waals surface area contributed by atoms with Crippen molar-refractivity contribution in [2.75, 3.05) is 13.1 Å². The van der Waals surface area contributed by atoms with Gasteiger partial charge in [0.2, 0.25) is 0 Å². The third-order valence-electron chi connectivity index (χ3n) is 3.86. The monoisotopic (exact) mass is 196 g/mol. The lowest BCUT2D eigenvalue weighted by Gasteiger charge is -2.31. The molecule has 0 amide bonds. The minimum atomic E-state index is 0.801. The largest absolute Gasteiger partial charge is 0.330 e. The molecule has 1 aliphatic carbocycles. The van der Waals surface area contributed by atoms with E-state index in [2.05, 4.69) is 18.7 Å². The molecule has 14 heavy (non-hydrogen) atoms. The second kappa shape index (κ2) is 4.19. The summed E-state index contributed by atoms with van der Waals surface area (Å²) < 4.78 is 0. The molecule has 1 saturated carbocycles. The van der Waals surface area contributed by atoms with Crippen LogP contribution in [0.15, 0.2) is 0 Å². The molecule has 2 atom stereocenters. The van der Waals surface area contributed by atoms with E-state index in [1.165, 1.54) is 32.2 Å². The van der Waals surface area contributed by atoms with E-state index in [-0.39, 0.29) is 0 Å². The molecule has 0 bridgehead atoms. The zero-order valence-electron chi connectivity index (χ0n) is 9.58. The molecule has 2 aliphatic rings. The third-order valence-corrected chi connectivity index (χ3v) is 3.86. The Bertz CT molecular complexity index is 187. The summed E-state index contributed by atoms with van der Waals surface area (Å²) in [5, 5.41) is 0. The SMILES string of the molecule is CC(C)C1C(CCN)CCN1C1CC1. The average Bonchev–Trinajstić information content (AvgIpc) is 2.88. The first-order chi connectivity index (χ1) is 6.74. The number of hydrogen-bond donors (Lipinski definition) is 1. The number of nitrogens with zero attached hydrogens (tertiary/aromatic N) is 1. The van der Waals surface area contributed by atoms with Crippen LogP contribution in [0.5, 0.6) is 0 Å². The van der Waals surface area contributed by atoms with Gasteiger partial charge in [-0.1, -0.05) is 13.8 Å². The van der Waals surface area contributed by atoms with Gasteiger partial charge in [-0.2, -0.15) is 0 Å². The molecule has 0 spiro atoms. The summed E-state index contributed by atoms with van der Waals surface area (Å²) in [5.41, 5.74) is 5.69. The number of nitrogens with two attached hydrogens (primary N) is 1. The average molecular weight is 196 g/mol. The van der Waals surface area contributed by atoms with Gasteiger partial charge < -0.3 is 5.73 Å². The zero-order valence-corrected chi connectivity index (χ0v) is 9.58. The van der Waals surface area contributed by atoms with E-state index >= 15 is 0 Å². The normalized spacial score (nSPS) is 34.3. The van der Waals surface area contributed by atoms with Crippen molar-refractivity contribution in [2.24, 2.45) is 17.6 Å². The van der Waals surface area contributed by atoms with Crippen molar-refractivity contribution in [2.45, 2.75) is 51.6 Å². The molecule has 2 N–H and O–H groups in total. The molecule has 0 aromatic carbocycles. The van der Waals surface area contributed by atoms with E-state index in [0.717, 1.165) is 30.5 Å². The maximum Gasteiger partial charge on any atom is 0.0150 e. The maximum absolute atomic E-state index is 5.69. The van der Waals surface area contributed by atoms with Gasteiger partial charge in [0.1, 0.15) is 0 Å². The van der Waals surface area contributed by atoms with E-state index in [0.29, 0.717) is 0 Å². The molecule has 0 aromatic heterocycles. The number of likely N-dealkylation sites (tertiary alicyclic amines) is 1. The summed E-state index contributed by atoms with van der Waals surface area (Å²) in [7, 11) is 0. The van der Waals surface area contributed by atoms with E-state index in [9.17, 15) is 0 Å². The molecule has 2 unspecified atom stereocenters. The minimum absolute atomic E-state index is 0.801. The summed E-state index contributed by atoms with van der Waals surface area (Å²) in [6.07, 6.45) is 5.50. The molecule has 82 valence electrons. The van der Waals surface area contributed by atoms with Crippen molar-refractivity contribution < 1.29 is 0 Å².